The summed E-state index contributed by atoms with van der Waals surface area (Å²) in [5, 5.41) is 2.92. The summed E-state index contributed by atoms with van der Waals surface area (Å²) < 4.78 is 0.905. The van der Waals surface area contributed by atoms with E-state index in [1.165, 1.54) is 24.0 Å². The number of nitrogens with zero attached hydrogens (tertiary/aromatic N) is 2. The number of rotatable bonds is 5. The molecule has 2 aliphatic rings. The predicted molar refractivity (Wildman–Crippen MR) is 97.8 cm³/mol. The van der Waals surface area contributed by atoms with Gasteiger partial charge in [-0.1, -0.05) is 24.3 Å². The molecule has 4 rings (SSSR count). The lowest BCUT2D eigenvalue weighted by Crippen LogP contribution is -2.37. The molecular weight excluding hydrogens is 366 g/mol. The second kappa shape index (κ2) is 6.65. The molecule has 0 bridgehead atoms. The fraction of sp³-hybridized carbons (Fsp3) is 0.368. The van der Waals surface area contributed by atoms with E-state index >= 15 is 0 Å². The summed E-state index contributed by atoms with van der Waals surface area (Å²) in [6, 6.07) is 13.3. The van der Waals surface area contributed by atoms with E-state index in [2.05, 4.69) is 55.4 Å². The molecule has 4 nitrogen and oxygen atoms in total. The highest BCUT2D eigenvalue weighted by Gasteiger charge is 2.38. The number of hydrogen-bond acceptors (Lipinski definition) is 3. The molecule has 0 spiro atoms. The van der Waals surface area contributed by atoms with Gasteiger partial charge in [0, 0.05) is 22.8 Å². The van der Waals surface area contributed by atoms with Gasteiger partial charge in [-0.25, -0.2) is 4.98 Å². The maximum atomic E-state index is 12.5. The van der Waals surface area contributed by atoms with E-state index < -0.39 is 0 Å². The van der Waals surface area contributed by atoms with Crippen LogP contribution in [0.1, 0.15) is 36.4 Å². The summed E-state index contributed by atoms with van der Waals surface area (Å²) in [7, 11) is 0. The molecule has 5 heteroatoms. The van der Waals surface area contributed by atoms with Gasteiger partial charge in [-0.05, 0) is 64.9 Å². The predicted octanol–water partition coefficient (Wildman–Crippen LogP) is 3.93. The fourth-order valence-corrected chi connectivity index (χ4v) is 3.81. The van der Waals surface area contributed by atoms with Crippen molar-refractivity contribution >= 4 is 27.7 Å². The highest BCUT2D eigenvalue weighted by Crippen LogP contribution is 2.41. The molecule has 1 fully saturated rings. The first-order valence-corrected chi connectivity index (χ1v) is 9.25. The number of carbonyl (C=O) groups excluding carboxylic acids is 1. The third-order valence-corrected chi connectivity index (χ3v) is 5.31. The summed E-state index contributed by atoms with van der Waals surface area (Å²) in [6.07, 6.45) is 6.31. The van der Waals surface area contributed by atoms with Gasteiger partial charge in [-0.2, -0.15) is 0 Å². The Labute approximate surface area is 150 Å². The van der Waals surface area contributed by atoms with Gasteiger partial charge in [0.2, 0.25) is 5.91 Å². The van der Waals surface area contributed by atoms with Crippen LogP contribution in [0.4, 0.5) is 5.82 Å². The Morgan fingerprint density at radius 2 is 2.04 bits per heavy atom. The molecule has 1 N–H and O–H groups in total. The van der Waals surface area contributed by atoms with Crippen molar-refractivity contribution in [1.82, 2.24) is 9.88 Å². The number of pyridine rings is 1. The second-order valence-corrected chi connectivity index (χ2v) is 7.48. The number of anilines is 1. The summed E-state index contributed by atoms with van der Waals surface area (Å²) in [6.45, 7) is 0.432. The Kier molecular flexibility index (Phi) is 4.37. The molecule has 2 aliphatic carbocycles. The Morgan fingerprint density at radius 1 is 1.21 bits per heavy atom. The van der Waals surface area contributed by atoms with Crippen molar-refractivity contribution in [3.63, 3.8) is 0 Å². The minimum absolute atomic E-state index is 0.0149. The average molecular weight is 386 g/mol. The molecule has 2 aromatic rings. The van der Waals surface area contributed by atoms with Crippen LogP contribution >= 0.6 is 15.9 Å². The topological polar surface area (TPSA) is 45.2 Å². The third kappa shape index (κ3) is 3.37. The van der Waals surface area contributed by atoms with Gasteiger partial charge in [0.15, 0.2) is 0 Å². The van der Waals surface area contributed by atoms with Crippen molar-refractivity contribution in [2.24, 2.45) is 0 Å². The zero-order chi connectivity index (χ0) is 16.5. The number of aryl methyl sites for hydroxylation is 1. The number of halogens is 1. The zero-order valence-electron chi connectivity index (χ0n) is 13.4. The van der Waals surface area contributed by atoms with E-state index in [-0.39, 0.29) is 5.91 Å². The molecule has 0 unspecified atom stereocenters. The Hall–Kier alpha value is -1.72. The van der Waals surface area contributed by atoms with E-state index in [4.69, 9.17) is 0 Å². The van der Waals surface area contributed by atoms with E-state index in [0.29, 0.717) is 24.4 Å². The Morgan fingerprint density at radius 3 is 2.79 bits per heavy atom. The quantitative estimate of drug-likeness (QED) is 0.847. The van der Waals surface area contributed by atoms with Gasteiger partial charge in [0.05, 0.1) is 6.54 Å². The van der Waals surface area contributed by atoms with Crippen LogP contribution in [0.25, 0.3) is 0 Å². The highest BCUT2D eigenvalue weighted by atomic mass is 79.9. The van der Waals surface area contributed by atoms with Crippen molar-refractivity contribution in [2.45, 2.75) is 37.8 Å². The van der Waals surface area contributed by atoms with Gasteiger partial charge >= 0.3 is 0 Å². The number of aromatic nitrogens is 1. The lowest BCUT2D eigenvalue weighted by molar-refractivity contribution is -0.118. The molecule has 0 aliphatic heterocycles. The molecular formula is C19H20BrN3O. The summed E-state index contributed by atoms with van der Waals surface area (Å²) in [5.74, 6) is 0.617. The third-order valence-electron chi connectivity index (χ3n) is 4.84. The van der Waals surface area contributed by atoms with Crippen molar-refractivity contribution in [3.05, 3.63) is 58.2 Å². The van der Waals surface area contributed by atoms with Gasteiger partial charge in [0.25, 0.3) is 0 Å². The van der Waals surface area contributed by atoms with Gasteiger partial charge in [0.1, 0.15) is 5.82 Å². The molecule has 0 radical (unpaired) electrons. The minimum atomic E-state index is 0.0149. The zero-order valence-corrected chi connectivity index (χ0v) is 15.0. The van der Waals surface area contributed by atoms with Crippen molar-refractivity contribution in [1.29, 1.82) is 0 Å². The number of nitrogens with one attached hydrogen (secondary N) is 1. The fourth-order valence-electron chi connectivity index (χ4n) is 3.58. The second-order valence-electron chi connectivity index (χ2n) is 6.57. The summed E-state index contributed by atoms with van der Waals surface area (Å²) in [4.78, 5) is 19.1. The molecule has 24 heavy (non-hydrogen) atoms. The molecule has 1 atom stereocenters. The van der Waals surface area contributed by atoms with Crippen molar-refractivity contribution < 1.29 is 4.79 Å². The number of hydrogen-bond donors (Lipinski definition) is 1. The van der Waals surface area contributed by atoms with Crippen LogP contribution in [0, 0.1) is 0 Å². The van der Waals surface area contributed by atoms with Crippen LogP contribution in [0.5, 0.6) is 0 Å². The maximum absolute atomic E-state index is 12.5. The average Bonchev–Trinajstić information content (AvgIpc) is 3.34. The van der Waals surface area contributed by atoms with Crippen LogP contribution in [-0.4, -0.2) is 28.4 Å². The Balaban J connectivity index is 1.46. The SMILES string of the molecule is O=C(CN(C1CC1)[C@@H]1CCc2ccccc21)Nc1ccc(Br)cn1. The molecule has 0 saturated heterocycles. The van der Waals surface area contributed by atoms with Crippen molar-refractivity contribution in [3.8, 4) is 0 Å². The number of benzene rings is 1. The molecule has 1 saturated carbocycles. The van der Waals surface area contributed by atoms with E-state index in [1.807, 2.05) is 12.1 Å². The molecule has 1 amide bonds. The van der Waals surface area contributed by atoms with Gasteiger partial charge < -0.3 is 5.32 Å². The maximum Gasteiger partial charge on any atom is 0.239 e. The normalized spacial score (nSPS) is 19.3. The summed E-state index contributed by atoms with van der Waals surface area (Å²) in [5.41, 5.74) is 2.84. The number of fused-ring (bicyclic) bond motifs is 1. The molecule has 1 heterocycles. The summed E-state index contributed by atoms with van der Waals surface area (Å²) >= 11 is 3.36. The highest BCUT2D eigenvalue weighted by molar-refractivity contribution is 9.10. The first kappa shape index (κ1) is 15.8. The van der Waals surface area contributed by atoms with E-state index in [9.17, 15) is 4.79 Å². The largest absolute Gasteiger partial charge is 0.310 e. The van der Waals surface area contributed by atoms with Gasteiger partial charge in [-0.3, -0.25) is 9.69 Å². The van der Waals surface area contributed by atoms with Crippen LogP contribution in [0.2, 0.25) is 0 Å². The lowest BCUT2D eigenvalue weighted by atomic mass is 10.1. The minimum Gasteiger partial charge on any atom is -0.310 e. The van der Waals surface area contributed by atoms with Crippen LogP contribution < -0.4 is 5.32 Å². The van der Waals surface area contributed by atoms with Crippen LogP contribution in [-0.2, 0) is 11.2 Å². The molecule has 1 aromatic heterocycles. The Bertz CT molecular complexity index is 743. The van der Waals surface area contributed by atoms with Gasteiger partial charge in [-0.15, -0.1) is 0 Å². The molecule has 124 valence electrons. The lowest BCUT2D eigenvalue weighted by Gasteiger charge is -2.29. The smallest absolute Gasteiger partial charge is 0.239 e. The van der Waals surface area contributed by atoms with E-state index in [0.717, 1.165) is 17.3 Å². The monoisotopic (exact) mass is 385 g/mol. The number of carbonyl (C=O) groups is 1. The number of amides is 1. The van der Waals surface area contributed by atoms with E-state index in [1.54, 1.807) is 6.20 Å². The molecule has 1 aromatic carbocycles. The van der Waals surface area contributed by atoms with Crippen LogP contribution in [0.15, 0.2) is 47.1 Å². The first-order chi connectivity index (χ1) is 11.7. The first-order valence-electron chi connectivity index (χ1n) is 8.45. The van der Waals surface area contributed by atoms with Crippen LogP contribution in [0.3, 0.4) is 0 Å². The standard InChI is InChI=1S/C19H20BrN3O/c20-14-6-10-18(21-11-14)22-19(24)12-23(15-7-8-15)17-9-5-13-3-1-2-4-16(13)17/h1-4,6,10-11,15,17H,5,7-9,12H2,(H,21,22,24)/t17-/m1/s1. The van der Waals surface area contributed by atoms with Crippen molar-refractivity contribution in [2.75, 3.05) is 11.9 Å².